The van der Waals surface area contributed by atoms with Crippen molar-refractivity contribution in [1.82, 2.24) is 5.32 Å². The van der Waals surface area contributed by atoms with Gasteiger partial charge in [-0.25, -0.2) is 0 Å². The number of benzene rings is 1. The molecule has 0 radical (unpaired) electrons. The lowest BCUT2D eigenvalue weighted by Gasteiger charge is -2.39. The lowest BCUT2D eigenvalue weighted by Crippen LogP contribution is -2.54. The van der Waals surface area contributed by atoms with Crippen LogP contribution in [-0.4, -0.2) is 16.6 Å². The molecular formula is C16H21NO2S. The Kier molecular flexibility index (Phi) is 3.89. The highest BCUT2D eigenvalue weighted by Gasteiger charge is 2.43. The van der Waals surface area contributed by atoms with Crippen LogP contribution in [0.2, 0.25) is 0 Å². The zero-order chi connectivity index (χ0) is 15.0. The molecule has 4 heteroatoms. The Balaban J connectivity index is 2.18. The average molecular weight is 291 g/mol. The second kappa shape index (κ2) is 5.19. The molecule has 0 aliphatic heterocycles. The van der Waals surface area contributed by atoms with Crippen molar-refractivity contribution in [1.29, 1.82) is 0 Å². The summed E-state index contributed by atoms with van der Waals surface area (Å²) in [5, 5.41) is 16.2. The minimum absolute atomic E-state index is 0.498. The van der Waals surface area contributed by atoms with Gasteiger partial charge in [0, 0.05) is 16.8 Å². The maximum Gasteiger partial charge on any atom is 0.310 e. The molecule has 0 spiro atoms. The van der Waals surface area contributed by atoms with Crippen molar-refractivity contribution >= 4 is 27.4 Å². The number of aliphatic carboxylic acids is 1. The highest BCUT2D eigenvalue weighted by molar-refractivity contribution is 7.17. The van der Waals surface area contributed by atoms with E-state index in [1.165, 1.54) is 15.6 Å². The summed E-state index contributed by atoms with van der Waals surface area (Å²) in [6.07, 6.45) is 0. The van der Waals surface area contributed by atoms with E-state index >= 15 is 0 Å². The van der Waals surface area contributed by atoms with Crippen molar-refractivity contribution in [2.75, 3.05) is 0 Å². The largest absolute Gasteiger partial charge is 0.481 e. The number of nitrogens with one attached hydrogen (secondary N) is 1. The molecule has 0 amide bonds. The summed E-state index contributed by atoms with van der Waals surface area (Å²) < 4.78 is 1.26. The molecule has 2 rings (SSSR count). The molecule has 3 nitrogen and oxygen atoms in total. The van der Waals surface area contributed by atoms with Crippen LogP contribution in [0.15, 0.2) is 29.6 Å². The Morgan fingerprint density at radius 1 is 1.25 bits per heavy atom. The van der Waals surface area contributed by atoms with Gasteiger partial charge in [0.05, 0.1) is 5.41 Å². The summed E-state index contributed by atoms with van der Waals surface area (Å²) in [4.78, 5) is 11.4. The minimum atomic E-state index is -0.834. The highest BCUT2D eigenvalue weighted by Crippen LogP contribution is 2.32. The van der Waals surface area contributed by atoms with Crippen LogP contribution in [-0.2, 0) is 11.3 Å². The van der Waals surface area contributed by atoms with Crippen molar-refractivity contribution in [3.63, 3.8) is 0 Å². The van der Waals surface area contributed by atoms with E-state index in [0.717, 1.165) is 0 Å². The minimum Gasteiger partial charge on any atom is -0.481 e. The second-order valence-electron chi connectivity index (χ2n) is 6.17. The Bertz CT molecular complexity index is 628. The number of hydrogen-bond donors (Lipinski definition) is 2. The number of rotatable bonds is 5. The molecule has 1 heterocycles. The van der Waals surface area contributed by atoms with Crippen molar-refractivity contribution in [3.05, 3.63) is 35.2 Å². The molecule has 1 aromatic carbocycles. The molecule has 20 heavy (non-hydrogen) atoms. The van der Waals surface area contributed by atoms with Crippen LogP contribution in [0, 0.1) is 5.41 Å². The van der Waals surface area contributed by atoms with E-state index < -0.39 is 16.9 Å². The number of fused-ring (bicyclic) bond motifs is 1. The first-order chi connectivity index (χ1) is 9.25. The van der Waals surface area contributed by atoms with Crippen molar-refractivity contribution < 1.29 is 9.90 Å². The Hall–Kier alpha value is -1.39. The normalized spacial score (nSPS) is 12.8. The van der Waals surface area contributed by atoms with E-state index in [1.54, 1.807) is 25.2 Å². The van der Waals surface area contributed by atoms with E-state index in [2.05, 4.69) is 22.8 Å². The number of carboxylic acids is 1. The van der Waals surface area contributed by atoms with E-state index in [0.29, 0.717) is 6.54 Å². The van der Waals surface area contributed by atoms with Gasteiger partial charge >= 0.3 is 5.97 Å². The Morgan fingerprint density at radius 2 is 1.90 bits per heavy atom. The smallest absolute Gasteiger partial charge is 0.310 e. The molecule has 0 aliphatic carbocycles. The fourth-order valence-corrected chi connectivity index (χ4v) is 2.94. The third kappa shape index (κ3) is 2.58. The molecule has 0 atom stereocenters. The summed E-state index contributed by atoms with van der Waals surface area (Å²) in [5.74, 6) is -0.787. The maximum atomic E-state index is 11.4. The molecular weight excluding hydrogens is 270 g/mol. The molecule has 0 bridgehead atoms. The van der Waals surface area contributed by atoms with Crippen LogP contribution in [0.5, 0.6) is 0 Å². The van der Waals surface area contributed by atoms with Crippen molar-refractivity contribution in [3.8, 4) is 0 Å². The Morgan fingerprint density at radius 3 is 2.55 bits per heavy atom. The van der Waals surface area contributed by atoms with Gasteiger partial charge in [0.25, 0.3) is 0 Å². The SMILES string of the molecule is CC(C)(NCc1csc2ccccc12)C(C)(C)C(=O)O. The quantitative estimate of drug-likeness (QED) is 0.879. The zero-order valence-electron chi connectivity index (χ0n) is 12.4. The van der Waals surface area contributed by atoms with E-state index in [9.17, 15) is 9.90 Å². The monoisotopic (exact) mass is 291 g/mol. The highest BCUT2D eigenvalue weighted by atomic mass is 32.1. The van der Waals surface area contributed by atoms with Crippen LogP contribution in [0.3, 0.4) is 0 Å². The zero-order valence-corrected chi connectivity index (χ0v) is 13.2. The second-order valence-corrected chi connectivity index (χ2v) is 7.08. The van der Waals surface area contributed by atoms with Gasteiger partial charge < -0.3 is 10.4 Å². The molecule has 1 aromatic heterocycles. The third-order valence-electron chi connectivity index (χ3n) is 4.38. The molecule has 0 unspecified atom stereocenters. The molecule has 2 N–H and O–H groups in total. The summed E-state index contributed by atoms with van der Waals surface area (Å²) >= 11 is 1.72. The lowest BCUT2D eigenvalue weighted by atomic mass is 9.74. The molecule has 2 aromatic rings. The van der Waals surface area contributed by atoms with Gasteiger partial charge in [0.1, 0.15) is 0 Å². The maximum absolute atomic E-state index is 11.4. The number of carboxylic acid groups (broad SMARTS) is 1. The summed E-state index contributed by atoms with van der Waals surface area (Å²) in [5.41, 5.74) is -0.111. The van der Waals surface area contributed by atoms with Gasteiger partial charge in [-0.05, 0) is 50.1 Å². The first-order valence-electron chi connectivity index (χ1n) is 6.69. The molecule has 0 fully saturated rings. The lowest BCUT2D eigenvalue weighted by molar-refractivity contribution is -0.151. The van der Waals surface area contributed by atoms with Crippen LogP contribution in [0.25, 0.3) is 10.1 Å². The van der Waals surface area contributed by atoms with Crippen LogP contribution in [0.1, 0.15) is 33.3 Å². The molecule has 0 saturated heterocycles. The number of hydrogen-bond acceptors (Lipinski definition) is 3. The fourth-order valence-electron chi connectivity index (χ4n) is 1.97. The summed E-state index contributed by atoms with van der Waals surface area (Å²) in [7, 11) is 0. The topological polar surface area (TPSA) is 49.3 Å². The predicted octanol–water partition coefficient (Wildman–Crippen LogP) is 3.88. The van der Waals surface area contributed by atoms with Gasteiger partial charge in [0.15, 0.2) is 0 Å². The molecule has 0 aliphatic rings. The Labute approximate surface area is 123 Å². The van der Waals surface area contributed by atoms with Crippen molar-refractivity contribution in [2.45, 2.75) is 39.8 Å². The van der Waals surface area contributed by atoms with Gasteiger partial charge in [0.2, 0.25) is 0 Å². The number of carbonyl (C=O) groups is 1. The fraction of sp³-hybridized carbons (Fsp3) is 0.438. The molecule has 0 saturated carbocycles. The van der Waals surface area contributed by atoms with Gasteiger partial charge in [-0.3, -0.25) is 4.79 Å². The summed E-state index contributed by atoms with van der Waals surface area (Å²) in [6.45, 7) is 8.07. The van der Waals surface area contributed by atoms with Crippen LogP contribution >= 0.6 is 11.3 Å². The summed E-state index contributed by atoms with van der Waals surface area (Å²) in [6, 6.07) is 8.28. The van der Waals surface area contributed by atoms with Crippen LogP contribution in [0.4, 0.5) is 0 Å². The van der Waals surface area contributed by atoms with Gasteiger partial charge in [-0.1, -0.05) is 18.2 Å². The van der Waals surface area contributed by atoms with Gasteiger partial charge in [-0.15, -0.1) is 11.3 Å². The first-order valence-corrected chi connectivity index (χ1v) is 7.57. The standard InChI is InChI=1S/C16H21NO2S/c1-15(2,14(18)19)16(3,4)17-9-11-10-20-13-8-6-5-7-12(11)13/h5-8,10,17H,9H2,1-4H3,(H,18,19). The first kappa shape index (κ1) is 15.0. The molecule has 108 valence electrons. The van der Waals surface area contributed by atoms with E-state index in [-0.39, 0.29) is 0 Å². The third-order valence-corrected chi connectivity index (χ3v) is 5.39. The van der Waals surface area contributed by atoms with Gasteiger partial charge in [-0.2, -0.15) is 0 Å². The number of thiophene rings is 1. The average Bonchev–Trinajstić information content (AvgIpc) is 2.79. The van der Waals surface area contributed by atoms with E-state index in [4.69, 9.17) is 0 Å². The predicted molar refractivity (Wildman–Crippen MR) is 84.2 cm³/mol. The van der Waals surface area contributed by atoms with Crippen molar-refractivity contribution in [2.24, 2.45) is 5.41 Å². The van der Waals surface area contributed by atoms with E-state index in [1.807, 2.05) is 26.0 Å². The van der Waals surface area contributed by atoms with Crippen LogP contribution < -0.4 is 5.32 Å².